The maximum atomic E-state index is 12.0. The highest BCUT2D eigenvalue weighted by atomic mass is 32.2. The second-order valence-corrected chi connectivity index (χ2v) is 6.18. The van der Waals surface area contributed by atoms with Gasteiger partial charge in [0.1, 0.15) is 0 Å². The summed E-state index contributed by atoms with van der Waals surface area (Å²) in [6.07, 6.45) is 3.61. The Morgan fingerprint density at radius 3 is 2.80 bits per heavy atom. The molecule has 0 amide bonds. The van der Waals surface area contributed by atoms with Gasteiger partial charge in [-0.25, -0.2) is 8.42 Å². The van der Waals surface area contributed by atoms with Crippen molar-refractivity contribution in [3.8, 4) is 0 Å². The summed E-state index contributed by atoms with van der Waals surface area (Å²) < 4.78 is 24.0. The average Bonchev–Trinajstić information content (AvgIpc) is 2.41. The highest BCUT2D eigenvalue weighted by molar-refractivity contribution is 8.01. The smallest absolute Gasteiger partial charge is 0.204 e. The fraction of sp³-hybridized carbons (Fsp3) is 0.200. The summed E-state index contributed by atoms with van der Waals surface area (Å²) in [4.78, 5) is 0.808. The van der Waals surface area contributed by atoms with Crippen LogP contribution in [-0.2, 0) is 9.84 Å². The van der Waals surface area contributed by atoms with Crippen molar-refractivity contribution in [2.24, 2.45) is 0 Å². The summed E-state index contributed by atoms with van der Waals surface area (Å²) in [6, 6.07) is 4.98. The van der Waals surface area contributed by atoms with Crippen molar-refractivity contribution in [1.29, 1.82) is 0 Å². The molecule has 1 aromatic rings. The Kier molecular flexibility index (Phi) is 2.52. The molecule has 0 bridgehead atoms. The van der Waals surface area contributed by atoms with Gasteiger partial charge in [-0.2, -0.15) is 11.8 Å². The number of nitrogen functional groups attached to an aromatic ring is 1. The van der Waals surface area contributed by atoms with Crippen molar-refractivity contribution in [2.45, 2.75) is 4.90 Å². The molecule has 1 aliphatic heterocycles. The molecule has 0 saturated heterocycles. The minimum atomic E-state index is -3.27. The monoisotopic (exact) mass is 241 g/mol. The molecule has 80 valence electrons. The number of fused-ring (bicyclic) bond motifs is 1. The number of nitrogens with two attached hydrogens (primary N) is 1. The number of hydrogen-bond acceptors (Lipinski definition) is 4. The van der Waals surface area contributed by atoms with Crippen molar-refractivity contribution in [2.75, 3.05) is 17.7 Å². The summed E-state index contributed by atoms with van der Waals surface area (Å²) >= 11 is 1.50. The lowest BCUT2D eigenvalue weighted by atomic mass is 10.2. The van der Waals surface area contributed by atoms with E-state index in [0.29, 0.717) is 21.2 Å². The lowest BCUT2D eigenvalue weighted by Crippen LogP contribution is -2.03. The van der Waals surface area contributed by atoms with E-state index in [4.69, 9.17) is 5.73 Å². The van der Waals surface area contributed by atoms with Crippen LogP contribution in [0.25, 0.3) is 6.08 Å². The van der Waals surface area contributed by atoms with Gasteiger partial charge in [-0.15, -0.1) is 0 Å². The Bertz CT molecular complexity index is 532. The molecule has 15 heavy (non-hydrogen) atoms. The SMILES string of the molecule is CSCC1=Cc2ccc(N)cc2S1(=O)=O. The van der Waals surface area contributed by atoms with E-state index in [1.165, 1.54) is 17.8 Å². The molecule has 0 aliphatic carbocycles. The maximum absolute atomic E-state index is 12.0. The maximum Gasteiger partial charge on any atom is 0.204 e. The molecule has 2 N–H and O–H groups in total. The Hall–Kier alpha value is -0.940. The van der Waals surface area contributed by atoms with Gasteiger partial charge in [0.25, 0.3) is 0 Å². The molecule has 0 radical (unpaired) electrons. The first-order chi connectivity index (χ1) is 7.05. The quantitative estimate of drug-likeness (QED) is 0.801. The highest BCUT2D eigenvalue weighted by Crippen LogP contribution is 2.35. The fourth-order valence-corrected chi connectivity index (χ4v) is 4.19. The standard InChI is InChI=1S/C10H11NO2S2/c1-14-6-9-4-7-2-3-8(11)5-10(7)15(9,12)13/h2-5H,6,11H2,1H3. The zero-order chi connectivity index (χ0) is 11.1. The van der Waals surface area contributed by atoms with Gasteiger partial charge < -0.3 is 5.73 Å². The molecule has 0 unspecified atom stereocenters. The van der Waals surface area contributed by atoms with E-state index in [9.17, 15) is 8.42 Å². The Morgan fingerprint density at radius 1 is 1.40 bits per heavy atom. The third kappa shape index (κ3) is 1.66. The molecule has 0 fully saturated rings. The van der Waals surface area contributed by atoms with E-state index in [-0.39, 0.29) is 0 Å². The van der Waals surface area contributed by atoms with Gasteiger partial charge in [-0.3, -0.25) is 0 Å². The molecule has 1 aromatic carbocycles. The summed E-state index contributed by atoms with van der Waals surface area (Å²) in [6.45, 7) is 0. The Labute approximate surface area is 93.3 Å². The van der Waals surface area contributed by atoms with E-state index in [0.717, 1.165) is 5.56 Å². The van der Waals surface area contributed by atoms with E-state index in [1.54, 1.807) is 18.2 Å². The third-order valence-corrected chi connectivity index (χ3v) is 4.94. The molecular formula is C10H11NO2S2. The van der Waals surface area contributed by atoms with E-state index in [2.05, 4.69) is 0 Å². The summed E-state index contributed by atoms with van der Waals surface area (Å²) in [5.41, 5.74) is 6.80. The number of anilines is 1. The van der Waals surface area contributed by atoms with Gasteiger partial charge in [0.05, 0.1) is 9.80 Å². The van der Waals surface area contributed by atoms with E-state index >= 15 is 0 Å². The summed E-state index contributed by atoms with van der Waals surface area (Å²) in [5.74, 6) is 0.511. The van der Waals surface area contributed by atoms with Crippen molar-refractivity contribution in [3.05, 3.63) is 28.7 Å². The van der Waals surface area contributed by atoms with Crippen LogP contribution in [0.1, 0.15) is 5.56 Å². The normalized spacial score (nSPS) is 17.3. The number of rotatable bonds is 2. The van der Waals surface area contributed by atoms with Gasteiger partial charge in [0.15, 0.2) is 0 Å². The minimum Gasteiger partial charge on any atom is -0.399 e. The second-order valence-electron chi connectivity index (χ2n) is 3.34. The van der Waals surface area contributed by atoms with Gasteiger partial charge in [-0.05, 0) is 30.0 Å². The molecule has 5 heteroatoms. The number of sulfone groups is 1. The van der Waals surface area contributed by atoms with Gasteiger partial charge in [0, 0.05) is 11.4 Å². The molecule has 0 aromatic heterocycles. The number of hydrogen-bond donors (Lipinski definition) is 1. The highest BCUT2D eigenvalue weighted by Gasteiger charge is 2.28. The lowest BCUT2D eigenvalue weighted by molar-refractivity contribution is 0.603. The van der Waals surface area contributed by atoms with Crippen molar-refractivity contribution in [1.82, 2.24) is 0 Å². The van der Waals surface area contributed by atoms with Crippen LogP contribution >= 0.6 is 11.8 Å². The van der Waals surface area contributed by atoms with Gasteiger partial charge >= 0.3 is 0 Å². The topological polar surface area (TPSA) is 60.2 Å². The molecule has 0 saturated carbocycles. The number of benzene rings is 1. The largest absolute Gasteiger partial charge is 0.399 e. The van der Waals surface area contributed by atoms with Crippen molar-refractivity contribution < 1.29 is 8.42 Å². The minimum absolute atomic E-state index is 0.339. The van der Waals surface area contributed by atoms with E-state index < -0.39 is 9.84 Å². The summed E-state index contributed by atoms with van der Waals surface area (Å²) in [5, 5.41) is 0. The van der Waals surface area contributed by atoms with Crippen LogP contribution < -0.4 is 5.73 Å². The van der Waals surface area contributed by atoms with Crippen LogP contribution in [0.3, 0.4) is 0 Å². The Balaban J connectivity index is 2.58. The number of thioether (sulfide) groups is 1. The zero-order valence-corrected chi connectivity index (χ0v) is 9.86. The molecule has 2 rings (SSSR count). The van der Waals surface area contributed by atoms with Crippen molar-refractivity contribution >= 4 is 33.4 Å². The Morgan fingerprint density at radius 2 is 2.13 bits per heavy atom. The summed E-state index contributed by atoms with van der Waals surface area (Å²) in [7, 11) is -3.27. The molecule has 1 aliphatic rings. The molecular weight excluding hydrogens is 230 g/mol. The second kappa shape index (κ2) is 3.57. The third-order valence-electron chi connectivity index (χ3n) is 2.28. The predicted molar refractivity (Wildman–Crippen MR) is 64.4 cm³/mol. The van der Waals surface area contributed by atoms with Crippen LogP contribution in [0.15, 0.2) is 28.0 Å². The molecule has 0 spiro atoms. The molecule has 1 heterocycles. The van der Waals surface area contributed by atoms with Gasteiger partial charge in [0.2, 0.25) is 9.84 Å². The van der Waals surface area contributed by atoms with Crippen LogP contribution in [0.2, 0.25) is 0 Å². The van der Waals surface area contributed by atoms with Crippen LogP contribution in [0.4, 0.5) is 5.69 Å². The first-order valence-corrected chi connectivity index (χ1v) is 7.27. The lowest BCUT2D eigenvalue weighted by Gasteiger charge is -2.02. The first kappa shape index (κ1) is 10.6. The van der Waals surface area contributed by atoms with E-state index in [1.807, 2.05) is 6.26 Å². The van der Waals surface area contributed by atoms with Crippen LogP contribution in [-0.4, -0.2) is 20.4 Å². The van der Waals surface area contributed by atoms with Crippen LogP contribution in [0.5, 0.6) is 0 Å². The zero-order valence-electron chi connectivity index (χ0n) is 8.23. The van der Waals surface area contributed by atoms with Crippen LogP contribution in [0, 0.1) is 0 Å². The van der Waals surface area contributed by atoms with Crippen molar-refractivity contribution in [3.63, 3.8) is 0 Å². The molecule has 3 nitrogen and oxygen atoms in total. The van der Waals surface area contributed by atoms with Gasteiger partial charge in [-0.1, -0.05) is 6.07 Å². The average molecular weight is 241 g/mol. The molecule has 0 atom stereocenters. The first-order valence-electron chi connectivity index (χ1n) is 4.40. The predicted octanol–water partition coefficient (Wildman–Crippen LogP) is 1.76. The fourth-order valence-electron chi connectivity index (χ4n) is 1.56.